The van der Waals surface area contributed by atoms with E-state index < -0.39 is 31.0 Å². The SMILES string of the molecule is CCCCCCCCCCCCCCCCC(C(=O)Nc1cccc(OC(F)F)c1)C(=O)Nc1cccc(OC(F)F)c1. The Bertz CT molecular complexity index is 1000. The molecule has 0 bridgehead atoms. The summed E-state index contributed by atoms with van der Waals surface area (Å²) in [6, 6.07) is 11.1. The summed E-state index contributed by atoms with van der Waals surface area (Å²) >= 11 is 0. The number of benzene rings is 2. The highest BCUT2D eigenvalue weighted by molar-refractivity contribution is 6.10. The molecule has 2 aromatic carbocycles. The van der Waals surface area contributed by atoms with Crippen LogP contribution in [0.1, 0.15) is 103 Å². The average molecular weight is 611 g/mol. The lowest BCUT2D eigenvalue weighted by atomic mass is 9.97. The van der Waals surface area contributed by atoms with E-state index in [-0.39, 0.29) is 29.3 Å². The molecule has 2 N–H and O–H groups in total. The summed E-state index contributed by atoms with van der Waals surface area (Å²) in [5.74, 6) is -2.58. The quantitative estimate of drug-likeness (QED) is 0.0746. The maximum absolute atomic E-state index is 13.2. The Kier molecular flexibility index (Phi) is 17.9. The Morgan fingerprint density at radius 3 is 1.35 bits per heavy atom. The maximum Gasteiger partial charge on any atom is 0.387 e. The van der Waals surface area contributed by atoms with Gasteiger partial charge in [0, 0.05) is 23.5 Å². The number of nitrogens with one attached hydrogen (secondary N) is 2. The van der Waals surface area contributed by atoms with Crippen LogP contribution in [0.15, 0.2) is 48.5 Å². The predicted molar refractivity (Wildman–Crippen MR) is 162 cm³/mol. The summed E-state index contributed by atoms with van der Waals surface area (Å²) in [7, 11) is 0. The summed E-state index contributed by atoms with van der Waals surface area (Å²) in [4.78, 5) is 26.3. The number of rotatable bonds is 23. The third kappa shape index (κ3) is 16.2. The molecule has 0 aliphatic carbocycles. The summed E-state index contributed by atoms with van der Waals surface area (Å²) in [5, 5.41) is 5.22. The number of ether oxygens (including phenoxy) is 2. The van der Waals surface area contributed by atoms with Gasteiger partial charge >= 0.3 is 13.2 Å². The standard InChI is InChI=1S/C33H46F4N2O4/c1-2-3-4-5-6-7-8-9-10-11-12-13-14-15-22-29(30(40)38-25-18-16-20-27(23-25)42-32(34)35)31(41)39-26-19-17-21-28(24-26)43-33(36)37/h16-21,23-24,29,32-33H,2-15,22H2,1H3,(H,38,40)(H,39,41). The highest BCUT2D eigenvalue weighted by atomic mass is 19.3. The monoisotopic (exact) mass is 610 g/mol. The predicted octanol–water partition coefficient (Wildman–Crippen LogP) is 9.95. The molecule has 0 spiro atoms. The zero-order valence-corrected chi connectivity index (χ0v) is 25.1. The molecular weight excluding hydrogens is 564 g/mol. The van der Waals surface area contributed by atoms with Crippen molar-refractivity contribution < 1.29 is 36.6 Å². The molecule has 0 aromatic heterocycles. The summed E-state index contributed by atoms with van der Waals surface area (Å²) < 4.78 is 59.2. The fraction of sp³-hybridized carbons (Fsp3) is 0.576. The normalized spacial score (nSPS) is 11.3. The van der Waals surface area contributed by atoms with E-state index in [1.165, 1.54) is 106 Å². The van der Waals surface area contributed by atoms with Gasteiger partial charge in [0.25, 0.3) is 0 Å². The lowest BCUT2D eigenvalue weighted by Gasteiger charge is -2.18. The number of hydrogen-bond donors (Lipinski definition) is 2. The van der Waals surface area contributed by atoms with Gasteiger partial charge in [0.1, 0.15) is 17.4 Å². The lowest BCUT2D eigenvalue weighted by Crippen LogP contribution is -2.34. The average Bonchev–Trinajstić information content (AvgIpc) is 2.94. The largest absolute Gasteiger partial charge is 0.435 e. The summed E-state index contributed by atoms with van der Waals surface area (Å²) in [5.41, 5.74) is 0.406. The number of hydrogen-bond acceptors (Lipinski definition) is 4. The fourth-order valence-corrected chi connectivity index (χ4v) is 4.88. The van der Waals surface area contributed by atoms with Gasteiger partial charge in [-0.05, 0) is 30.7 Å². The van der Waals surface area contributed by atoms with Gasteiger partial charge in [-0.15, -0.1) is 0 Å². The van der Waals surface area contributed by atoms with Gasteiger partial charge in [-0.3, -0.25) is 9.59 Å². The third-order valence-corrected chi connectivity index (χ3v) is 7.13. The van der Waals surface area contributed by atoms with Crippen molar-refractivity contribution >= 4 is 23.2 Å². The molecule has 2 rings (SSSR count). The number of anilines is 2. The molecule has 43 heavy (non-hydrogen) atoms. The number of unbranched alkanes of at least 4 members (excludes halogenated alkanes) is 13. The van der Waals surface area contributed by atoms with Crippen LogP contribution < -0.4 is 20.1 Å². The molecule has 0 aliphatic rings. The Labute approximate surface area is 252 Å². The summed E-state index contributed by atoms with van der Waals surface area (Å²) in [6.07, 6.45) is 16.6. The number of alkyl halides is 4. The van der Waals surface area contributed by atoms with E-state index in [2.05, 4.69) is 27.0 Å². The van der Waals surface area contributed by atoms with Gasteiger partial charge < -0.3 is 20.1 Å². The van der Waals surface area contributed by atoms with E-state index in [9.17, 15) is 27.2 Å². The highest BCUT2D eigenvalue weighted by Gasteiger charge is 2.27. The van der Waals surface area contributed by atoms with Crippen molar-refractivity contribution in [2.45, 2.75) is 116 Å². The smallest absolute Gasteiger partial charge is 0.387 e. The van der Waals surface area contributed by atoms with Gasteiger partial charge in [0.2, 0.25) is 11.8 Å². The summed E-state index contributed by atoms with van der Waals surface area (Å²) in [6.45, 7) is -3.81. The van der Waals surface area contributed by atoms with Gasteiger partial charge in [0.05, 0.1) is 0 Å². The third-order valence-electron chi connectivity index (χ3n) is 7.13. The Morgan fingerprint density at radius 2 is 0.977 bits per heavy atom. The van der Waals surface area contributed by atoms with Gasteiger partial charge in [-0.2, -0.15) is 17.6 Å². The molecule has 0 fully saturated rings. The minimum atomic E-state index is -3.02. The second-order valence-corrected chi connectivity index (χ2v) is 10.7. The van der Waals surface area contributed by atoms with Crippen molar-refractivity contribution in [2.75, 3.05) is 10.6 Å². The van der Waals surface area contributed by atoms with E-state index in [0.717, 1.165) is 25.7 Å². The van der Waals surface area contributed by atoms with Crippen LogP contribution >= 0.6 is 0 Å². The van der Waals surface area contributed by atoms with E-state index in [1.54, 1.807) is 0 Å². The molecular formula is C33H46F4N2O4. The van der Waals surface area contributed by atoms with E-state index in [1.807, 2.05) is 0 Å². The molecule has 0 radical (unpaired) electrons. The molecule has 10 heteroatoms. The van der Waals surface area contributed by atoms with Crippen LogP contribution in [0.2, 0.25) is 0 Å². The van der Waals surface area contributed by atoms with Crippen LogP contribution in [-0.2, 0) is 9.59 Å². The van der Waals surface area contributed by atoms with E-state index >= 15 is 0 Å². The number of halogens is 4. The van der Waals surface area contributed by atoms with Crippen molar-refractivity contribution in [3.8, 4) is 11.5 Å². The van der Waals surface area contributed by atoms with Crippen LogP contribution in [0, 0.1) is 5.92 Å². The van der Waals surface area contributed by atoms with Gasteiger partial charge in [0.15, 0.2) is 0 Å². The lowest BCUT2D eigenvalue weighted by molar-refractivity contribution is -0.129. The first kappa shape index (κ1) is 35.9. The molecule has 2 amide bonds. The number of carbonyl (C=O) groups is 2. The molecule has 2 aromatic rings. The van der Waals surface area contributed by atoms with Crippen LogP contribution in [0.5, 0.6) is 11.5 Å². The van der Waals surface area contributed by atoms with Gasteiger partial charge in [-0.1, -0.05) is 109 Å². The number of carbonyl (C=O) groups excluding carboxylic acids is 2. The minimum absolute atomic E-state index is 0.128. The van der Waals surface area contributed by atoms with Crippen LogP contribution in [0.3, 0.4) is 0 Å². The molecule has 0 atom stereocenters. The Morgan fingerprint density at radius 1 is 0.605 bits per heavy atom. The van der Waals surface area contributed by atoms with Crippen LogP contribution in [-0.4, -0.2) is 25.0 Å². The zero-order chi connectivity index (χ0) is 31.3. The fourth-order valence-electron chi connectivity index (χ4n) is 4.88. The molecule has 0 heterocycles. The molecule has 6 nitrogen and oxygen atoms in total. The van der Waals surface area contributed by atoms with Crippen molar-refractivity contribution in [1.82, 2.24) is 0 Å². The topological polar surface area (TPSA) is 76.7 Å². The molecule has 0 unspecified atom stereocenters. The van der Waals surface area contributed by atoms with Crippen molar-refractivity contribution in [3.63, 3.8) is 0 Å². The second-order valence-electron chi connectivity index (χ2n) is 10.7. The molecule has 0 saturated heterocycles. The first-order valence-corrected chi connectivity index (χ1v) is 15.5. The van der Waals surface area contributed by atoms with E-state index in [0.29, 0.717) is 6.42 Å². The van der Waals surface area contributed by atoms with Crippen molar-refractivity contribution in [2.24, 2.45) is 5.92 Å². The molecule has 240 valence electrons. The second kappa shape index (κ2) is 21.4. The zero-order valence-electron chi connectivity index (χ0n) is 25.1. The van der Waals surface area contributed by atoms with Crippen LogP contribution in [0.25, 0.3) is 0 Å². The molecule has 0 saturated carbocycles. The van der Waals surface area contributed by atoms with Crippen LogP contribution in [0.4, 0.5) is 28.9 Å². The van der Waals surface area contributed by atoms with Crippen molar-refractivity contribution in [3.05, 3.63) is 48.5 Å². The highest BCUT2D eigenvalue weighted by Crippen LogP contribution is 2.24. The van der Waals surface area contributed by atoms with Crippen molar-refractivity contribution in [1.29, 1.82) is 0 Å². The Hall–Kier alpha value is -3.30. The number of amides is 2. The van der Waals surface area contributed by atoms with Gasteiger partial charge in [-0.25, -0.2) is 0 Å². The maximum atomic E-state index is 13.2. The molecule has 0 aliphatic heterocycles. The van der Waals surface area contributed by atoms with E-state index in [4.69, 9.17) is 0 Å². The Balaban J connectivity index is 1.86. The first-order chi connectivity index (χ1) is 20.8. The minimum Gasteiger partial charge on any atom is -0.435 e. The first-order valence-electron chi connectivity index (χ1n) is 15.5.